The maximum Gasteiger partial charge on any atom is 0.376 e. The van der Waals surface area contributed by atoms with E-state index in [9.17, 15) is 24.7 Å². The second-order valence-corrected chi connectivity index (χ2v) is 7.38. The van der Waals surface area contributed by atoms with Gasteiger partial charge >= 0.3 is 26.0 Å². The molecule has 2 rings (SSSR count). The van der Waals surface area contributed by atoms with Gasteiger partial charge in [0, 0.05) is 20.5 Å². The Bertz CT molecular complexity index is 544. The fourth-order valence-electron chi connectivity index (χ4n) is 3.39. The summed E-state index contributed by atoms with van der Waals surface area (Å²) in [4.78, 5) is 25.7. The summed E-state index contributed by atoms with van der Waals surface area (Å²) in [5.74, 6) is -1.39. The molecular weight excluding hydrogens is 358 g/mol. The molecule has 2 atom stereocenters. The van der Waals surface area contributed by atoms with E-state index in [2.05, 4.69) is 4.74 Å². The van der Waals surface area contributed by atoms with E-state index in [0.717, 1.165) is 0 Å². The average Bonchev–Trinajstić information content (AvgIpc) is 3.43. The molecule has 0 aromatic carbocycles. The topological polar surface area (TPSA) is 151 Å². The van der Waals surface area contributed by atoms with Crippen LogP contribution in [0.4, 0.5) is 0 Å². The van der Waals surface area contributed by atoms with Gasteiger partial charge in [-0.05, 0) is 39.6 Å². The van der Waals surface area contributed by atoms with Crippen LogP contribution < -0.4 is 0 Å². The summed E-state index contributed by atoms with van der Waals surface area (Å²) in [6, 6.07) is 0. The van der Waals surface area contributed by atoms with Gasteiger partial charge in [0.1, 0.15) is 10.8 Å². The maximum atomic E-state index is 11.4. The third kappa shape index (κ3) is 5.43. The minimum absolute atomic E-state index is 0. The van der Waals surface area contributed by atoms with Crippen molar-refractivity contribution in [2.24, 2.45) is 10.8 Å². The highest BCUT2D eigenvalue weighted by Gasteiger charge is 2.47. The van der Waals surface area contributed by atoms with Crippen molar-refractivity contribution < 1.29 is 47.1 Å². The van der Waals surface area contributed by atoms with Gasteiger partial charge in [-0.3, -0.25) is 9.59 Å². The number of esters is 1. The number of hydrogen-bond donors (Lipinski definition) is 5. The first-order valence-corrected chi connectivity index (χ1v) is 8.95. The Morgan fingerprint density at radius 1 is 1.04 bits per heavy atom. The van der Waals surface area contributed by atoms with Gasteiger partial charge in [-0.25, -0.2) is 0 Å². The standard InChI is InChI=1S/C8H16BNO4.C7H14BNO4.3H2/c1-9(13)10-4-3-8(5-10,6-11)7(12)14-2;1-8(13)9-3-2-7(4-9,5-10)6(11)12;;;/h11,13H,3-6H2,1-2H3;10,13H,2-5H2,1H3,(H,11,12);3*1H/i;;2*1+1D;1+1. The van der Waals surface area contributed by atoms with Gasteiger partial charge in [0.05, 0.1) is 20.3 Å². The lowest BCUT2D eigenvalue weighted by molar-refractivity contribution is -0.154. The number of carboxylic acids is 1. The number of ether oxygens (including phenoxy) is 1. The average molecular weight is 399 g/mol. The molecule has 0 spiro atoms. The number of aliphatic hydroxyl groups is 2. The van der Waals surface area contributed by atoms with Crippen molar-refractivity contribution in [3.8, 4) is 0 Å². The van der Waals surface area contributed by atoms with Crippen molar-refractivity contribution in [3.63, 3.8) is 0 Å². The minimum Gasteiger partial charge on any atom is -0.481 e. The number of carboxylic acid groups (broad SMARTS) is 1. The molecule has 2 aliphatic rings. The van der Waals surface area contributed by atoms with Gasteiger partial charge in [-0.2, -0.15) is 0 Å². The second-order valence-electron chi connectivity index (χ2n) is 7.38. The van der Waals surface area contributed by atoms with Gasteiger partial charge in [0.15, 0.2) is 0 Å². The van der Waals surface area contributed by atoms with Crippen LogP contribution in [0.2, 0.25) is 13.6 Å². The normalized spacial score (nSPS) is 29.0. The van der Waals surface area contributed by atoms with Gasteiger partial charge in [0.25, 0.3) is 0 Å². The van der Waals surface area contributed by atoms with E-state index in [4.69, 9.17) is 16.2 Å². The summed E-state index contributed by atoms with van der Waals surface area (Å²) < 4.78 is 24.6. The van der Waals surface area contributed by atoms with E-state index in [1.54, 1.807) is 23.3 Å². The lowest BCUT2D eigenvalue weighted by Gasteiger charge is -2.24. The van der Waals surface area contributed by atoms with Crippen LogP contribution in [0.15, 0.2) is 0 Å². The molecule has 2 heterocycles. The van der Waals surface area contributed by atoms with Crippen LogP contribution >= 0.6 is 0 Å². The largest absolute Gasteiger partial charge is 0.481 e. The second kappa shape index (κ2) is 9.85. The molecule has 0 aliphatic carbocycles. The first-order chi connectivity index (χ1) is 14.6. The highest BCUT2D eigenvalue weighted by Crippen LogP contribution is 2.32. The van der Waals surface area contributed by atoms with Gasteiger partial charge in [-0.1, -0.05) is 0 Å². The molecule has 10 nitrogen and oxygen atoms in total. The molecule has 0 radical (unpaired) electrons. The van der Waals surface area contributed by atoms with Gasteiger partial charge in [-0.15, -0.1) is 0 Å². The van der Waals surface area contributed by atoms with Crippen molar-refractivity contribution in [2.45, 2.75) is 26.5 Å². The Labute approximate surface area is 167 Å². The molecular formula is C15H36B2N2O8. The molecule has 12 heteroatoms. The van der Waals surface area contributed by atoms with Crippen LogP contribution in [0.1, 0.15) is 20.2 Å². The van der Waals surface area contributed by atoms with E-state index in [1.165, 1.54) is 7.11 Å². The van der Waals surface area contributed by atoms with Crippen LogP contribution in [0.3, 0.4) is 0 Å². The van der Waals surface area contributed by atoms with E-state index in [-0.39, 0.29) is 21.2 Å². The first-order valence-electron chi connectivity index (χ1n) is 11.0. The molecule has 0 amide bonds. The van der Waals surface area contributed by atoms with Crippen LogP contribution in [0.5, 0.6) is 0 Å². The minimum atomic E-state index is -1.07. The SMILES string of the molecule is CB(O)N1CCC(CO)(C(=O)O)C1.COC(=O)C1(CO)CCN(B(C)O)C1.[2HH].[2H][2H].[2H][2H]. The van der Waals surface area contributed by atoms with Crippen LogP contribution in [0.25, 0.3) is 0 Å². The molecule has 0 aromatic rings. The Balaban J connectivity index is -0.000000443. The summed E-state index contributed by atoms with van der Waals surface area (Å²) in [6.45, 7) is 4.33. The number of carbonyl (C=O) groups is 2. The summed E-state index contributed by atoms with van der Waals surface area (Å²) in [6.07, 6.45) is 0.921. The maximum absolute atomic E-state index is 11.4. The lowest BCUT2D eigenvalue weighted by atomic mass is 9.84. The van der Waals surface area contributed by atoms with E-state index >= 15 is 0 Å². The predicted octanol–water partition coefficient (Wildman–Crippen LogP) is -1.44. The molecule has 2 aliphatic heterocycles. The molecule has 27 heavy (non-hydrogen) atoms. The Morgan fingerprint density at radius 2 is 1.44 bits per heavy atom. The molecule has 2 saturated heterocycles. The highest BCUT2D eigenvalue weighted by atomic mass is 16.5. The summed E-state index contributed by atoms with van der Waals surface area (Å²) in [5.41, 5.74) is -1.91. The fourth-order valence-corrected chi connectivity index (χ4v) is 3.39. The number of aliphatic carboxylic acids is 1. The zero-order valence-electron chi connectivity index (χ0n) is 20.2. The summed E-state index contributed by atoms with van der Waals surface area (Å²) in [5, 5.41) is 45.6. The third-order valence-corrected chi connectivity index (χ3v) is 5.50. The lowest BCUT2D eigenvalue weighted by Crippen LogP contribution is -2.42. The molecule has 2 unspecified atom stereocenters. The predicted molar refractivity (Wildman–Crippen MR) is 105 cm³/mol. The number of hydrogen-bond acceptors (Lipinski definition) is 9. The van der Waals surface area contributed by atoms with E-state index in [1.807, 2.05) is 0 Å². The van der Waals surface area contributed by atoms with Crippen molar-refractivity contribution in [3.05, 3.63) is 0 Å². The number of carbonyl (C=O) groups excluding carboxylic acids is 1. The zero-order chi connectivity index (χ0) is 24.8. The highest BCUT2D eigenvalue weighted by molar-refractivity contribution is 6.45. The molecule has 160 valence electrons. The third-order valence-electron chi connectivity index (χ3n) is 5.50. The monoisotopic (exact) mass is 399 g/mol. The molecule has 5 N–H and O–H groups in total. The van der Waals surface area contributed by atoms with Gasteiger partial charge in [0.2, 0.25) is 0 Å². The Kier molecular flexibility index (Phi) is 7.50. The number of aliphatic hydroxyl groups excluding tert-OH is 2. The van der Waals surface area contributed by atoms with E-state index < -0.39 is 36.9 Å². The van der Waals surface area contributed by atoms with E-state index in [0.29, 0.717) is 32.5 Å². The molecule has 0 bridgehead atoms. The number of rotatable bonds is 6. The van der Waals surface area contributed by atoms with Crippen LogP contribution in [-0.2, 0) is 14.3 Å². The zero-order valence-corrected chi connectivity index (χ0v) is 16.2. The molecule has 2 fully saturated rings. The first kappa shape index (κ1) is 20.6. The summed E-state index contributed by atoms with van der Waals surface area (Å²) in [7, 11) is 0.0750. The number of methoxy groups -OCH3 is 1. The Morgan fingerprint density at radius 3 is 1.70 bits per heavy atom. The molecule has 0 aromatic heterocycles. The van der Waals surface area contributed by atoms with Crippen molar-refractivity contribution in [1.82, 2.24) is 9.62 Å². The van der Waals surface area contributed by atoms with Crippen LogP contribution in [-0.4, -0.2) is 108 Å². The Hall–Kier alpha value is -1.17. The van der Waals surface area contributed by atoms with Gasteiger partial charge < -0.3 is 39.7 Å². The van der Waals surface area contributed by atoms with Crippen LogP contribution in [0, 0.1) is 10.8 Å². The quantitative estimate of drug-likeness (QED) is 0.265. The fraction of sp³-hybridized carbons (Fsp3) is 0.867. The smallest absolute Gasteiger partial charge is 0.376 e. The van der Waals surface area contributed by atoms with Crippen molar-refractivity contribution in [2.75, 3.05) is 46.5 Å². The van der Waals surface area contributed by atoms with Crippen molar-refractivity contribution >= 4 is 26.0 Å². The summed E-state index contributed by atoms with van der Waals surface area (Å²) >= 11 is 0. The number of nitrogens with zero attached hydrogens (tertiary/aromatic N) is 2. The van der Waals surface area contributed by atoms with Crippen molar-refractivity contribution in [1.29, 1.82) is 0 Å². The molecule has 0 saturated carbocycles.